The van der Waals surface area contributed by atoms with Gasteiger partial charge in [0.25, 0.3) is 5.91 Å². The predicted octanol–water partition coefficient (Wildman–Crippen LogP) is 3.85. The van der Waals surface area contributed by atoms with Crippen molar-refractivity contribution in [2.24, 2.45) is 0 Å². The normalized spacial score (nSPS) is 19.9. The molecule has 1 fully saturated rings. The fraction of sp³-hybridized carbons (Fsp3) is 0.350. The van der Waals surface area contributed by atoms with Gasteiger partial charge in [-0.05, 0) is 38.2 Å². The lowest BCUT2D eigenvalue weighted by Crippen LogP contribution is -2.44. The molecule has 2 aromatic heterocycles. The number of nitrogens with one attached hydrogen (secondary N) is 2. The van der Waals surface area contributed by atoms with E-state index in [2.05, 4.69) is 34.0 Å². The molecule has 0 spiro atoms. The second kappa shape index (κ2) is 8.58. The molecule has 152 valence electrons. The molecule has 0 bridgehead atoms. The number of benzene rings is 1. The van der Waals surface area contributed by atoms with Crippen LogP contribution in [0.15, 0.2) is 41.9 Å². The molecular formula is C20H23N5O2S2. The number of anilines is 1. The van der Waals surface area contributed by atoms with E-state index in [4.69, 9.17) is 17.0 Å². The predicted molar refractivity (Wildman–Crippen MR) is 116 cm³/mol. The standard InChI is InChI=1S/C20H23N5O2S2/c1-13-9-24(10-14(2)27-13)11-15-12-29-19(22-15)23-18(26)17-8-21-20(28)25(17)16-6-4-3-5-7-16/h3-8,12-14H,9-11H2,1-2H3,(H,21,28)(H,22,23,26). The van der Waals surface area contributed by atoms with E-state index in [1.54, 1.807) is 10.8 Å². The Kier molecular flexibility index (Phi) is 5.91. The highest BCUT2D eigenvalue weighted by molar-refractivity contribution is 7.71. The Morgan fingerprint density at radius 3 is 2.76 bits per heavy atom. The number of hydrogen-bond donors (Lipinski definition) is 2. The highest BCUT2D eigenvalue weighted by Crippen LogP contribution is 2.21. The summed E-state index contributed by atoms with van der Waals surface area (Å²) in [5.41, 5.74) is 2.22. The van der Waals surface area contributed by atoms with Crippen LogP contribution in [0.1, 0.15) is 30.0 Å². The van der Waals surface area contributed by atoms with Crippen molar-refractivity contribution >= 4 is 34.6 Å². The Bertz CT molecular complexity index is 1030. The molecule has 7 nitrogen and oxygen atoms in total. The Labute approximate surface area is 178 Å². The minimum absolute atomic E-state index is 0.214. The zero-order valence-corrected chi connectivity index (χ0v) is 17.9. The first-order valence-electron chi connectivity index (χ1n) is 9.49. The van der Waals surface area contributed by atoms with Crippen LogP contribution >= 0.6 is 23.6 Å². The minimum atomic E-state index is -0.254. The number of thiazole rings is 1. The molecule has 2 atom stereocenters. The average Bonchev–Trinajstić information content (AvgIpc) is 3.28. The molecule has 1 aromatic carbocycles. The van der Waals surface area contributed by atoms with Gasteiger partial charge in [0.2, 0.25) is 0 Å². The molecule has 1 aliphatic rings. The van der Waals surface area contributed by atoms with E-state index in [9.17, 15) is 4.79 Å². The van der Waals surface area contributed by atoms with E-state index in [1.165, 1.54) is 11.3 Å². The van der Waals surface area contributed by atoms with E-state index in [0.29, 0.717) is 15.6 Å². The summed E-state index contributed by atoms with van der Waals surface area (Å²) in [5.74, 6) is -0.254. The van der Waals surface area contributed by atoms with Crippen LogP contribution in [0.2, 0.25) is 0 Å². The van der Waals surface area contributed by atoms with Crippen molar-refractivity contribution in [3.63, 3.8) is 0 Å². The zero-order valence-electron chi connectivity index (χ0n) is 16.3. The van der Waals surface area contributed by atoms with E-state index in [-0.39, 0.29) is 18.1 Å². The lowest BCUT2D eigenvalue weighted by atomic mass is 10.2. The molecule has 3 heterocycles. The molecule has 1 aliphatic heterocycles. The number of ether oxygens (including phenoxy) is 1. The van der Waals surface area contributed by atoms with Crippen LogP contribution in [-0.4, -0.2) is 50.6 Å². The van der Waals surface area contributed by atoms with Crippen molar-refractivity contribution in [1.29, 1.82) is 0 Å². The second-order valence-electron chi connectivity index (χ2n) is 7.20. The fourth-order valence-electron chi connectivity index (χ4n) is 3.61. The maximum atomic E-state index is 12.8. The van der Waals surface area contributed by atoms with Gasteiger partial charge in [0, 0.05) is 36.9 Å². The first-order chi connectivity index (χ1) is 14.0. The van der Waals surface area contributed by atoms with Crippen LogP contribution in [0.4, 0.5) is 5.13 Å². The number of aromatic nitrogens is 3. The van der Waals surface area contributed by atoms with Gasteiger partial charge in [0.1, 0.15) is 5.69 Å². The summed E-state index contributed by atoms with van der Waals surface area (Å²) < 4.78 is 7.97. The van der Waals surface area contributed by atoms with Gasteiger partial charge >= 0.3 is 0 Å². The van der Waals surface area contributed by atoms with Gasteiger partial charge in [0.05, 0.1) is 17.9 Å². The van der Waals surface area contributed by atoms with E-state index in [1.807, 2.05) is 35.7 Å². The number of H-pyrrole nitrogens is 1. The van der Waals surface area contributed by atoms with Crippen molar-refractivity contribution in [3.8, 4) is 5.69 Å². The number of morpholine rings is 1. The molecule has 1 saturated heterocycles. The Morgan fingerprint density at radius 2 is 2.03 bits per heavy atom. The third kappa shape index (κ3) is 4.64. The summed E-state index contributed by atoms with van der Waals surface area (Å²) in [7, 11) is 0. The maximum absolute atomic E-state index is 12.8. The number of carbonyl (C=O) groups is 1. The topological polar surface area (TPSA) is 75.2 Å². The number of nitrogens with zero attached hydrogens (tertiary/aromatic N) is 3. The zero-order chi connectivity index (χ0) is 20.4. The molecular weight excluding hydrogens is 406 g/mol. The number of amides is 1. The van der Waals surface area contributed by atoms with Gasteiger partial charge < -0.3 is 9.72 Å². The molecule has 0 saturated carbocycles. The molecule has 4 rings (SSSR count). The molecule has 1 amide bonds. The highest BCUT2D eigenvalue weighted by Gasteiger charge is 2.23. The van der Waals surface area contributed by atoms with Crippen molar-refractivity contribution in [2.45, 2.75) is 32.6 Å². The van der Waals surface area contributed by atoms with E-state index >= 15 is 0 Å². The van der Waals surface area contributed by atoms with E-state index in [0.717, 1.165) is 31.0 Å². The molecule has 29 heavy (non-hydrogen) atoms. The molecule has 0 aliphatic carbocycles. The number of imidazole rings is 1. The van der Waals surface area contributed by atoms with Crippen LogP contribution in [0.3, 0.4) is 0 Å². The highest BCUT2D eigenvalue weighted by atomic mass is 32.1. The Hall–Kier alpha value is -2.33. The van der Waals surface area contributed by atoms with Crippen molar-refractivity contribution < 1.29 is 9.53 Å². The Balaban J connectivity index is 1.46. The van der Waals surface area contributed by atoms with Gasteiger partial charge in [-0.1, -0.05) is 18.2 Å². The second-order valence-corrected chi connectivity index (χ2v) is 8.44. The molecule has 0 radical (unpaired) electrons. The van der Waals surface area contributed by atoms with Gasteiger partial charge in [0.15, 0.2) is 9.90 Å². The number of carbonyl (C=O) groups excluding carboxylic acids is 1. The summed E-state index contributed by atoms with van der Waals surface area (Å²) in [6, 6.07) is 9.56. The fourth-order valence-corrected chi connectivity index (χ4v) is 4.57. The van der Waals surface area contributed by atoms with E-state index < -0.39 is 0 Å². The smallest absolute Gasteiger partial charge is 0.276 e. The lowest BCUT2D eigenvalue weighted by Gasteiger charge is -2.34. The van der Waals surface area contributed by atoms with Crippen LogP contribution in [0, 0.1) is 4.77 Å². The summed E-state index contributed by atoms with van der Waals surface area (Å²) in [6.07, 6.45) is 2.05. The summed E-state index contributed by atoms with van der Waals surface area (Å²) in [4.78, 5) is 22.7. The Morgan fingerprint density at radius 1 is 1.31 bits per heavy atom. The van der Waals surface area contributed by atoms with Gasteiger partial charge in [-0.2, -0.15) is 0 Å². The van der Waals surface area contributed by atoms with Gasteiger partial charge in [-0.15, -0.1) is 11.3 Å². The van der Waals surface area contributed by atoms with Gasteiger partial charge in [-0.25, -0.2) is 4.98 Å². The SMILES string of the molecule is CC1CN(Cc2csc(NC(=O)c3c[nH]c(=S)n3-c3ccccc3)n2)CC(C)O1. The first-order valence-corrected chi connectivity index (χ1v) is 10.8. The number of para-hydroxylation sites is 1. The number of aromatic amines is 1. The maximum Gasteiger partial charge on any atom is 0.276 e. The third-order valence-electron chi connectivity index (χ3n) is 4.68. The van der Waals surface area contributed by atoms with Crippen LogP contribution in [0.5, 0.6) is 0 Å². The third-order valence-corrected chi connectivity index (χ3v) is 5.78. The summed E-state index contributed by atoms with van der Waals surface area (Å²) in [5, 5.41) is 5.46. The molecule has 9 heteroatoms. The van der Waals surface area contributed by atoms with Crippen molar-refractivity contribution in [1.82, 2.24) is 19.4 Å². The monoisotopic (exact) mass is 429 g/mol. The largest absolute Gasteiger partial charge is 0.373 e. The van der Waals surface area contributed by atoms with Gasteiger partial charge in [-0.3, -0.25) is 19.6 Å². The molecule has 2 N–H and O–H groups in total. The van der Waals surface area contributed by atoms with Crippen LogP contribution in [0.25, 0.3) is 5.69 Å². The van der Waals surface area contributed by atoms with Crippen LogP contribution in [-0.2, 0) is 11.3 Å². The lowest BCUT2D eigenvalue weighted by molar-refractivity contribution is -0.0707. The minimum Gasteiger partial charge on any atom is -0.373 e. The number of rotatable bonds is 5. The first kappa shape index (κ1) is 20.0. The van der Waals surface area contributed by atoms with Crippen LogP contribution < -0.4 is 5.32 Å². The van der Waals surface area contributed by atoms with Crippen molar-refractivity contribution in [3.05, 3.63) is 58.1 Å². The number of hydrogen-bond acceptors (Lipinski definition) is 6. The summed E-state index contributed by atoms with van der Waals surface area (Å²) in [6.45, 7) is 6.68. The molecule has 3 aromatic rings. The quantitative estimate of drug-likeness (QED) is 0.603. The van der Waals surface area contributed by atoms with Crippen molar-refractivity contribution in [2.75, 3.05) is 18.4 Å². The molecule has 2 unspecified atom stereocenters. The average molecular weight is 430 g/mol. The summed E-state index contributed by atoms with van der Waals surface area (Å²) >= 11 is 6.78.